The lowest BCUT2D eigenvalue weighted by molar-refractivity contribution is -0.144. The van der Waals surface area contributed by atoms with Gasteiger partial charge in [-0.2, -0.15) is 0 Å². The van der Waals surface area contributed by atoms with Crippen molar-refractivity contribution in [1.29, 1.82) is 0 Å². The van der Waals surface area contributed by atoms with Crippen LogP contribution in [-0.2, 0) is 22.6 Å². The Bertz CT molecular complexity index is 1010. The molecular weight excluding hydrogens is 347 g/mol. The molecule has 0 aliphatic heterocycles. The highest BCUT2D eigenvalue weighted by atomic mass is 35.5. The summed E-state index contributed by atoms with van der Waals surface area (Å²) < 4.78 is 23.9. The predicted octanol–water partition coefficient (Wildman–Crippen LogP) is 4.18. The molecule has 0 fully saturated rings. The minimum Gasteiger partial charge on any atom is -0.461 e. The summed E-state index contributed by atoms with van der Waals surface area (Å²) in [6.45, 7) is 1.66. The largest absolute Gasteiger partial charge is 0.461 e. The van der Waals surface area contributed by atoms with E-state index in [2.05, 4.69) is 0 Å². The van der Waals surface area contributed by atoms with Crippen molar-refractivity contribution >= 4 is 28.5 Å². The first kappa shape index (κ1) is 17.2. The smallest absolute Gasteiger partial charge is 0.336 e. The molecule has 25 heavy (non-hydrogen) atoms. The third kappa shape index (κ3) is 3.88. The number of hydrogen-bond donors (Lipinski definition) is 0. The Hall–Kier alpha value is -2.66. The summed E-state index contributed by atoms with van der Waals surface area (Å²) in [5.41, 5.74) is 1.33. The number of carbonyl (C=O) groups is 1. The number of halogens is 2. The molecular formula is C19H14ClFO4. The molecule has 3 rings (SSSR count). The highest BCUT2D eigenvalue weighted by Gasteiger charge is 2.12. The zero-order chi connectivity index (χ0) is 18.0. The second-order valence-corrected chi connectivity index (χ2v) is 6.02. The van der Waals surface area contributed by atoms with Crippen LogP contribution < -0.4 is 5.63 Å². The molecule has 3 aromatic rings. The van der Waals surface area contributed by atoms with E-state index in [0.29, 0.717) is 21.6 Å². The van der Waals surface area contributed by atoms with E-state index >= 15 is 0 Å². The van der Waals surface area contributed by atoms with Gasteiger partial charge in [0.05, 0.1) is 6.42 Å². The van der Waals surface area contributed by atoms with Gasteiger partial charge in [0.15, 0.2) is 0 Å². The van der Waals surface area contributed by atoms with Crippen molar-refractivity contribution in [3.8, 4) is 0 Å². The third-order valence-electron chi connectivity index (χ3n) is 3.79. The van der Waals surface area contributed by atoms with Gasteiger partial charge in [0.2, 0.25) is 0 Å². The van der Waals surface area contributed by atoms with Crippen molar-refractivity contribution in [1.82, 2.24) is 0 Å². The van der Waals surface area contributed by atoms with E-state index in [9.17, 15) is 14.0 Å². The van der Waals surface area contributed by atoms with Crippen molar-refractivity contribution in [2.75, 3.05) is 0 Å². The Labute approximate surface area is 147 Å². The van der Waals surface area contributed by atoms with Crippen LogP contribution in [0, 0.1) is 12.7 Å². The molecule has 6 heteroatoms. The Morgan fingerprint density at radius 2 is 1.96 bits per heavy atom. The van der Waals surface area contributed by atoms with E-state index in [0.717, 1.165) is 5.56 Å². The summed E-state index contributed by atoms with van der Waals surface area (Å²) in [6.07, 6.45) is -0.189. The van der Waals surface area contributed by atoms with Crippen LogP contribution in [0.25, 0.3) is 11.0 Å². The molecule has 1 aromatic heterocycles. The number of fused-ring (bicyclic) bond motifs is 1. The molecule has 128 valence electrons. The van der Waals surface area contributed by atoms with E-state index in [-0.39, 0.29) is 18.6 Å². The maximum absolute atomic E-state index is 13.6. The Kier molecular flexibility index (Phi) is 4.86. The number of carbonyl (C=O) groups excluding carboxylic acids is 1. The van der Waals surface area contributed by atoms with Gasteiger partial charge >= 0.3 is 11.6 Å². The Morgan fingerprint density at radius 1 is 1.20 bits per heavy atom. The van der Waals surface area contributed by atoms with Crippen LogP contribution in [-0.4, -0.2) is 5.97 Å². The van der Waals surface area contributed by atoms with Crippen LogP contribution in [0.5, 0.6) is 0 Å². The molecule has 0 radical (unpaired) electrons. The molecule has 4 nitrogen and oxygen atoms in total. The molecule has 0 saturated heterocycles. The average Bonchev–Trinajstić information content (AvgIpc) is 2.56. The van der Waals surface area contributed by atoms with Crippen molar-refractivity contribution < 1.29 is 18.3 Å². The van der Waals surface area contributed by atoms with Gasteiger partial charge in [-0.05, 0) is 36.2 Å². The highest BCUT2D eigenvalue weighted by Crippen LogP contribution is 2.25. The van der Waals surface area contributed by atoms with E-state index in [4.69, 9.17) is 20.8 Å². The van der Waals surface area contributed by atoms with Gasteiger partial charge < -0.3 is 9.15 Å². The van der Waals surface area contributed by atoms with Gasteiger partial charge in [0.25, 0.3) is 0 Å². The molecule has 0 unspecified atom stereocenters. The highest BCUT2D eigenvalue weighted by molar-refractivity contribution is 6.32. The van der Waals surface area contributed by atoms with Crippen LogP contribution in [0.15, 0.2) is 51.7 Å². The molecule has 0 saturated carbocycles. The van der Waals surface area contributed by atoms with Gasteiger partial charge in [-0.1, -0.05) is 29.8 Å². The fourth-order valence-corrected chi connectivity index (χ4v) is 2.64. The average molecular weight is 361 g/mol. The second-order valence-electron chi connectivity index (χ2n) is 5.62. The Morgan fingerprint density at radius 3 is 2.72 bits per heavy atom. The van der Waals surface area contributed by atoms with Gasteiger partial charge in [0, 0.05) is 22.0 Å². The number of aryl methyl sites for hydroxylation is 1. The standard InChI is InChI=1S/C19H14ClFO4/c1-11-6-17-14(9-15(11)20)13(8-19(23)25-17)10-24-18(22)7-12-4-2-3-5-16(12)21/h2-6,8-9H,7,10H2,1H3. The molecule has 0 atom stereocenters. The summed E-state index contributed by atoms with van der Waals surface area (Å²) in [4.78, 5) is 23.7. The lowest BCUT2D eigenvalue weighted by atomic mass is 10.1. The van der Waals surface area contributed by atoms with Crippen LogP contribution in [0.1, 0.15) is 16.7 Å². The van der Waals surface area contributed by atoms with Gasteiger partial charge in [-0.25, -0.2) is 9.18 Å². The zero-order valence-electron chi connectivity index (χ0n) is 13.3. The first-order chi connectivity index (χ1) is 11.9. The maximum Gasteiger partial charge on any atom is 0.336 e. The number of esters is 1. The minimum absolute atomic E-state index is 0.130. The maximum atomic E-state index is 13.6. The summed E-state index contributed by atoms with van der Waals surface area (Å²) in [5.74, 6) is -1.06. The molecule has 0 N–H and O–H groups in total. The molecule has 2 aromatic carbocycles. The minimum atomic E-state index is -0.593. The van der Waals surface area contributed by atoms with Crippen molar-refractivity contribution in [3.05, 3.63) is 80.4 Å². The first-order valence-corrected chi connectivity index (χ1v) is 7.94. The summed E-state index contributed by atoms with van der Waals surface area (Å²) in [5, 5.41) is 1.11. The van der Waals surface area contributed by atoms with Gasteiger partial charge in [-0.3, -0.25) is 4.79 Å². The van der Waals surface area contributed by atoms with E-state index in [1.165, 1.54) is 18.2 Å². The summed E-state index contributed by atoms with van der Waals surface area (Å²) in [7, 11) is 0. The monoisotopic (exact) mass is 360 g/mol. The fourth-order valence-electron chi connectivity index (χ4n) is 2.47. The van der Waals surface area contributed by atoms with Crippen LogP contribution in [0.3, 0.4) is 0 Å². The van der Waals surface area contributed by atoms with E-state index in [1.54, 1.807) is 31.2 Å². The number of hydrogen-bond acceptors (Lipinski definition) is 4. The van der Waals surface area contributed by atoms with Crippen LogP contribution >= 0.6 is 11.6 Å². The topological polar surface area (TPSA) is 56.5 Å². The quantitative estimate of drug-likeness (QED) is 0.517. The predicted molar refractivity (Wildman–Crippen MR) is 92.1 cm³/mol. The molecule has 0 spiro atoms. The normalized spacial score (nSPS) is 10.8. The zero-order valence-corrected chi connectivity index (χ0v) is 14.1. The third-order valence-corrected chi connectivity index (χ3v) is 4.20. The molecule has 0 aliphatic carbocycles. The fraction of sp³-hybridized carbons (Fsp3) is 0.158. The molecule has 0 amide bonds. The summed E-state index contributed by atoms with van der Waals surface area (Å²) in [6, 6.07) is 10.6. The van der Waals surface area contributed by atoms with Gasteiger partial charge in [-0.15, -0.1) is 0 Å². The van der Waals surface area contributed by atoms with E-state index in [1.807, 2.05) is 0 Å². The van der Waals surface area contributed by atoms with Crippen molar-refractivity contribution in [3.63, 3.8) is 0 Å². The second kappa shape index (κ2) is 7.07. The molecule has 1 heterocycles. The van der Waals surface area contributed by atoms with Crippen LogP contribution in [0.2, 0.25) is 5.02 Å². The molecule has 0 aliphatic rings. The van der Waals surface area contributed by atoms with Crippen molar-refractivity contribution in [2.24, 2.45) is 0 Å². The van der Waals surface area contributed by atoms with Crippen LogP contribution in [0.4, 0.5) is 4.39 Å². The number of benzene rings is 2. The Balaban J connectivity index is 1.81. The SMILES string of the molecule is Cc1cc2oc(=O)cc(COC(=O)Cc3ccccc3F)c2cc1Cl. The number of rotatable bonds is 4. The molecule has 0 bridgehead atoms. The number of ether oxygens (including phenoxy) is 1. The van der Waals surface area contributed by atoms with E-state index < -0.39 is 17.4 Å². The summed E-state index contributed by atoms with van der Waals surface area (Å²) >= 11 is 6.12. The lowest BCUT2D eigenvalue weighted by Crippen LogP contribution is -2.10. The lowest BCUT2D eigenvalue weighted by Gasteiger charge is -2.09. The van der Waals surface area contributed by atoms with Crippen molar-refractivity contribution in [2.45, 2.75) is 20.0 Å². The van der Waals surface area contributed by atoms with Gasteiger partial charge in [0.1, 0.15) is 18.0 Å². The first-order valence-electron chi connectivity index (χ1n) is 7.56.